The van der Waals surface area contributed by atoms with Crippen LogP contribution in [0.3, 0.4) is 0 Å². The quantitative estimate of drug-likeness (QED) is 0.766. The summed E-state index contributed by atoms with van der Waals surface area (Å²) in [6.45, 7) is 4.92. The molecule has 3 heteroatoms. The maximum absolute atomic E-state index is 9.32. The van der Waals surface area contributed by atoms with Gasteiger partial charge in [-0.05, 0) is 19.4 Å². The van der Waals surface area contributed by atoms with Crippen LogP contribution in [0, 0.1) is 11.3 Å². The Labute approximate surface area is 96.9 Å². The zero-order valence-corrected chi connectivity index (χ0v) is 9.85. The first-order valence-corrected chi connectivity index (χ1v) is 5.37. The Morgan fingerprint density at radius 1 is 1.31 bits per heavy atom. The Balaban J connectivity index is 2.77. The van der Waals surface area contributed by atoms with E-state index >= 15 is 0 Å². The van der Waals surface area contributed by atoms with Crippen LogP contribution in [0.5, 0.6) is 0 Å². The van der Waals surface area contributed by atoms with Gasteiger partial charge in [-0.15, -0.1) is 0 Å². The van der Waals surface area contributed by atoms with Gasteiger partial charge in [-0.25, -0.2) is 0 Å². The van der Waals surface area contributed by atoms with Gasteiger partial charge in [0.25, 0.3) is 0 Å². The summed E-state index contributed by atoms with van der Waals surface area (Å²) in [5.74, 6) is 0. The number of hydrogen-bond donors (Lipinski definition) is 1. The summed E-state index contributed by atoms with van der Waals surface area (Å²) < 4.78 is 0. The maximum atomic E-state index is 9.32. The van der Waals surface area contributed by atoms with Crippen LogP contribution < -0.4 is 0 Å². The number of nitriles is 1. The van der Waals surface area contributed by atoms with Gasteiger partial charge in [0.1, 0.15) is 0 Å². The zero-order chi connectivity index (χ0) is 12.0. The number of hydrogen-bond acceptors (Lipinski definition) is 3. The van der Waals surface area contributed by atoms with Crippen molar-refractivity contribution in [3.63, 3.8) is 0 Å². The number of aliphatic hydroxyl groups is 1. The van der Waals surface area contributed by atoms with Crippen molar-refractivity contribution in [2.75, 3.05) is 13.2 Å². The van der Waals surface area contributed by atoms with Gasteiger partial charge in [-0.3, -0.25) is 4.90 Å². The summed E-state index contributed by atoms with van der Waals surface area (Å²) in [7, 11) is 0. The Bertz CT molecular complexity index is 354. The molecular weight excluding hydrogens is 200 g/mol. The SMILES string of the molecule is CC(C)(CO)N(CC#N)Cc1ccccc1. The second-order valence-electron chi connectivity index (χ2n) is 4.47. The van der Waals surface area contributed by atoms with E-state index in [9.17, 15) is 5.11 Å². The summed E-state index contributed by atoms with van der Waals surface area (Å²) in [6.07, 6.45) is 0. The summed E-state index contributed by atoms with van der Waals surface area (Å²) >= 11 is 0. The molecule has 0 atom stereocenters. The lowest BCUT2D eigenvalue weighted by atomic mass is 10.0. The molecule has 0 radical (unpaired) electrons. The van der Waals surface area contributed by atoms with E-state index in [4.69, 9.17) is 5.26 Å². The molecule has 0 amide bonds. The zero-order valence-electron chi connectivity index (χ0n) is 9.85. The minimum absolute atomic E-state index is 0.0432. The van der Waals surface area contributed by atoms with Crippen LogP contribution in [0.4, 0.5) is 0 Å². The third-order valence-corrected chi connectivity index (χ3v) is 2.72. The molecule has 3 nitrogen and oxygen atoms in total. The van der Waals surface area contributed by atoms with E-state index in [1.54, 1.807) is 0 Å². The molecule has 0 unspecified atom stereocenters. The normalized spacial score (nSPS) is 11.4. The molecule has 1 aromatic carbocycles. The maximum Gasteiger partial charge on any atom is 0.0873 e. The van der Waals surface area contributed by atoms with Crippen LogP contribution in [-0.2, 0) is 6.54 Å². The highest BCUT2D eigenvalue weighted by molar-refractivity contribution is 5.15. The third kappa shape index (κ3) is 3.34. The molecule has 0 saturated carbocycles. The van der Waals surface area contributed by atoms with E-state index < -0.39 is 0 Å². The summed E-state index contributed by atoms with van der Waals surface area (Å²) in [5.41, 5.74) is 0.783. The highest BCUT2D eigenvalue weighted by Crippen LogP contribution is 2.16. The predicted molar refractivity (Wildman–Crippen MR) is 63.6 cm³/mol. The van der Waals surface area contributed by atoms with Crippen LogP contribution in [0.25, 0.3) is 0 Å². The number of rotatable bonds is 5. The van der Waals surface area contributed by atoms with E-state index in [1.165, 1.54) is 0 Å². The second kappa shape index (κ2) is 5.64. The van der Waals surface area contributed by atoms with Crippen LogP contribution in [-0.4, -0.2) is 28.7 Å². The third-order valence-electron chi connectivity index (χ3n) is 2.72. The van der Waals surface area contributed by atoms with Crippen LogP contribution >= 0.6 is 0 Å². The lowest BCUT2D eigenvalue weighted by Crippen LogP contribution is -2.46. The van der Waals surface area contributed by atoms with E-state index in [0.717, 1.165) is 5.56 Å². The standard InChI is InChI=1S/C13H18N2O/c1-13(2,11-16)15(9-8-14)10-12-6-4-3-5-7-12/h3-7,16H,9-11H2,1-2H3. The topological polar surface area (TPSA) is 47.3 Å². The van der Waals surface area contributed by atoms with Crippen molar-refractivity contribution >= 4 is 0 Å². The molecule has 0 aromatic heterocycles. The highest BCUT2D eigenvalue weighted by atomic mass is 16.3. The van der Waals surface area contributed by atoms with Gasteiger partial charge >= 0.3 is 0 Å². The van der Waals surface area contributed by atoms with Crippen LogP contribution in [0.1, 0.15) is 19.4 Å². The molecule has 0 spiro atoms. The largest absolute Gasteiger partial charge is 0.394 e. The van der Waals surface area contributed by atoms with Crippen molar-refractivity contribution in [3.8, 4) is 6.07 Å². The van der Waals surface area contributed by atoms with Crippen LogP contribution in [0.15, 0.2) is 30.3 Å². The van der Waals surface area contributed by atoms with Gasteiger partial charge in [0.05, 0.1) is 19.2 Å². The van der Waals surface area contributed by atoms with Crippen molar-refractivity contribution in [2.45, 2.75) is 25.9 Å². The van der Waals surface area contributed by atoms with Gasteiger partial charge in [-0.2, -0.15) is 5.26 Å². The van der Waals surface area contributed by atoms with E-state index in [1.807, 2.05) is 49.1 Å². The first-order valence-electron chi connectivity index (χ1n) is 5.37. The molecule has 0 aliphatic carbocycles. The van der Waals surface area contributed by atoms with Gasteiger partial charge in [0, 0.05) is 12.1 Å². The number of benzene rings is 1. The summed E-state index contributed by atoms with van der Waals surface area (Å²) in [6, 6.07) is 12.1. The van der Waals surface area contributed by atoms with E-state index in [2.05, 4.69) is 6.07 Å². The van der Waals surface area contributed by atoms with Crippen molar-refractivity contribution in [1.29, 1.82) is 5.26 Å². The fourth-order valence-electron chi connectivity index (χ4n) is 1.47. The predicted octanol–water partition coefficient (Wildman–Crippen LogP) is 1.78. The number of aliphatic hydroxyl groups excluding tert-OH is 1. The molecule has 1 rings (SSSR count). The van der Waals surface area contributed by atoms with Crippen molar-refractivity contribution < 1.29 is 5.11 Å². The fourth-order valence-corrected chi connectivity index (χ4v) is 1.47. The molecule has 1 aromatic rings. The minimum atomic E-state index is -0.369. The fraction of sp³-hybridized carbons (Fsp3) is 0.462. The average Bonchev–Trinajstić information content (AvgIpc) is 2.30. The first kappa shape index (κ1) is 12.7. The van der Waals surface area contributed by atoms with Gasteiger partial charge in [0.15, 0.2) is 0 Å². The Morgan fingerprint density at radius 2 is 1.94 bits per heavy atom. The van der Waals surface area contributed by atoms with E-state index in [-0.39, 0.29) is 12.1 Å². The van der Waals surface area contributed by atoms with Crippen molar-refractivity contribution in [3.05, 3.63) is 35.9 Å². The number of nitrogens with zero attached hydrogens (tertiary/aromatic N) is 2. The van der Waals surface area contributed by atoms with Gasteiger partial charge in [0.2, 0.25) is 0 Å². The Morgan fingerprint density at radius 3 is 2.44 bits per heavy atom. The average molecular weight is 218 g/mol. The van der Waals surface area contributed by atoms with E-state index in [0.29, 0.717) is 13.1 Å². The molecule has 0 aliphatic heterocycles. The molecule has 86 valence electrons. The van der Waals surface area contributed by atoms with Crippen molar-refractivity contribution in [1.82, 2.24) is 4.90 Å². The Kier molecular flexibility index (Phi) is 4.48. The second-order valence-corrected chi connectivity index (χ2v) is 4.47. The lowest BCUT2D eigenvalue weighted by molar-refractivity contribution is 0.0619. The minimum Gasteiger partial charge on any atom is -0.394 e. The molecule has 1 N–H and O–H groups in total. The Hall–Kier alpha value is -1.37. The molecule has 0 bridgehead atoms. The van der Waals surface area contributed by atoms with Crippen molar-refractivity contribution in [2.24, 2.45) is 0 Å². The molecule has 0 aliphatic rings. The lowest BCUT2D eigenvalue weighted by Gasteiger charge is -2.35. The molecule has 16 heavy (non-hydrogen) atoms. The smallest absolute Gasteiger partial charge is 0.0873 e. The monoisotopic (exact) mass is 218 g/mol. The van der Waals surface area contributed by atoms with Gasteiger partial charge in [-0.1, -0.05) is 30.3 Å². The molecule has 0 heterocycles. The van der Waals surface area contributed by atoms with Gasteiger partial charge < -0.3 is 5.11 Å². The molecule has 0 fully saturated rings. The van der Waals surface area contributed by atoms with Crippen LogP contribution in [0.2, 0.25) is 0 Å². The molecular formula is C13H18N2O. The first-order chi connectivity index (χ1) is 7.60. The molecule has 0 saturated heterocycles. The highest BCUT2D eigenvalue weighted by Gasteiger charge is 2.25. The summed E-state index contributed by atoms with van der Waals surface area (Å²) in [4.78, 5) is 1.97. The summed E-state index contributed by atoms with van der Waals surface area (Å²) in [5, 5.41) is 18.1.